The number of aromatic nitrogens is 3. The summed E-state index contributed by atoms with van der Waals surface area (Å²) in [4.78, 5) is 8.35. The van der Waals surface area contributed by atoms with Crippen molar-refractivity contribution in [2.45, 2.75) is 26.3 Å². The van der Waals surface area contributed by atoms with Crippen LogP contribution in [0.4, 0.5) is 5.69 Å². The average molecular weight is 462 g/mol. The van der Waals surface area contributed by atoms with Crippen LogP contribution in [0.3, 0.4) is 0 Å². The highest BCUT2D eigenvalue weighted by molar-refractivity contribution is 14.0. The van der Waals surface area contributed by atoms with Gasteiger partial charge in [0.1, 0.15) is 12.7 Å². The van der Waals surface area contributed by atoms with Crippen molar-refractivity contribution in [2.75, 3.05) is 5.32 Å². The Kier molecular flexibility index (Phi) is 7.14. The largest absolute Gasteiger partial charge is 0.370 e. The molecule has 0 aliphatic heterocycles. The highest BCUT2D eigenvalue weighted by Crippen LogP contribution is 2.18. The second-order valence-electron chi connectivity index (χ2n) is 6.11. The van der Waals surface area contributed by atoms with E-state index in [-0.39, 0.29) is 24.0 Å². The average Bonchev–Trinajstić information content (AvgIpc) is 3.15. The number of halogens is 1. The van der Waals surface area contributed by atoms with Crippen LogP contribution in [-0.2, 0) is 6.54 Å². The molecule has 6 nitrogen and oxygen atoms in total. The molecule has 136 valence electrons. The smallest absolute Gasteiger partial charge is 0.193 e. The Morgan fingerprint density at radius 3 is 2.62 bits per heavy atom. The van der Waals surface area contributed by atoms with Crippen LogP contribution >= 0.6 is 24.0 Å². The van der Waals surface area contributed by atoms with Crippen molar-refractivity contribution in [1.82, 2.24) is 14.8 Å². The van der Waals surface area contributed by atoms with E-state index in [2.05, 4.69) is 46.4 Å². The summed E-state index contributed by atoms with van der Waals surface area (Å²) in [6.07, 6.45) is 3.18. The number of anilines is 1. The van der Waals surface area contributed by atoms with Crippen LogP contribution < -0.4 is 11.1 Å². The molecule has 0 saturated heterocycles. The van der Waals surface area contributed by atoms with Crippen molar-refractivity contribution in [2.24, 2.45) is 10.7 Å². The summed E-state index contributed by atoms with van der Waals surface area (Å²) in [5.41, 5.74) is 10.3. The van der Waals surface area contributed by atoms with E-state index in [4.69, 9.17) is 5.73 Å². The Labute approximate surface area is 170 Å². The minimum atomic E-state index is 0. The van der Waals surface area contributed by atoms with Gasteiger partial charge in [-0.2, -0.15) is 5.10 Å². The normalized spacial score (nSPS) is 11.3. The van der Waals surface area contributed by atoms with Crippen molar-refractivity contribution < 1.29 is 0 Å². The van der Waals surface area contributed by atoms with Crippen molar-refractivity contribution in [3.63, 3.8) is 0 Å². The van der Waals surface area contributed by atoms with Gasteiger partial charge in [-0.3, -0.25) is 0 Å². The zero-order valence-corrected chi connectivity index (χ0v) is 17.2. The Balaban J connectivity index is 0.00000243. The maximum atomic E-state index is 6.00. The predicted octanol–water partition coefficient (Wildman–Crippen LogP) is 3.94. The maximum absolute atomic E-state index is 6.00. The van der Waals surface area contributed by atoms with E-state index >= 15 is 0 Å². The predicted molar refractivity (Wildman–Crippen MR) is 116 cm³/mol. The zero-order chi connectivity index (χ0) is 17.6. The molecule has 26 heavy (non-hydrogen) atoms. The molecule has 1 aromatic heterocycles. The third-order valence-electron chi connectivity index (χ3n) is 3.88. The fraction of sp³-hybridized carbons (Fsp3) is 0.211. The summed E-state index contributed by atoms with van der Waals surface area (Å²) in [5.74, 6) is 0.879. The molecule has 0 aliphatic carbocycles. The molecule has 3 rings (SSSR count). The molecule has 0 bridgehead atoms. The van der Waals surface area contributed by atoms with Gasteiger partial charge in [-0.25, -0.2) is 14.7 Å². The van der Waals surface area contributed by atoms with Crippen molar-refractivity contribution in [1.29, 1.82) is 0 Å². The van der Waals surface area contributed by atoms with E-state index in [0.29, 0.717) is 18.4 Å². The number of benzene rings is 2. The van der Waals surface area contributed by atoms with Crippen molar-refractivity contribution >= 4 is 35.6 Å². The van der Waals surface area contributed by atoms with Gasteiger partial charge in [0, 0.05) is 5.69 Å². The maximum Gasteiger partial charge on any atom is 0.193 e. The highest BCUT2D eigenvalue weighted by Gasteiger charge is 2.02. The molecule has 3 aromatic rings. The summed E-state index contributed by atoms with van der Waals surface area (Å²) in [7, 11) is 0. The molecular formula is C19H23IN6. The summed E-state index contributed by atoms with van der Waals surface area (Å²) in [6, 6.07) is 16.2. The number of hydrogen-bond donors (Lipinski definition) is 2. The topological polar surface area (TPSA) is 81.1 Å². The Hall–Kier alpha value is -2.42. The van der Waals surface area contributed by atoms with Crippen LogP contribution in [0.1, 0.15) is 30.9 Å². The van der Waals surface area contributed by atoms with Crippen LogP contribution in [0.2, 0.25) is 0 Å². The fourth-order valence-electron chi connectivity index (χ4n) is 2.44. The molecule has 0 radical (unpaired) electrons. The van der Waals surface area contributed by atoms with E-state index in [1.807, 2.05) is 36.4 Å². The molecule has 0 saturated carbocycles. The number of nitrogens with one attached hydrogen (secondary N) is 1. The van der Waals surface area contributed by atoms with Gasteiger partial charge in [0.15, 0.2) is 5.96 Å². The van der Waals surface area contributed by atoms with E-state index in [1.165, 1.54) is 11.9 Å². The van der Waals surface area contributed by atoms with E-state index < -0.39 is 0 Å². The fourth-order valence-corrected chi connectivity index (χ4v) is 2.44. The third kappa shape index (κ3) is 5.29. The van der Waals surface area contributed by atoms with Gasteiger partial charge in [0.2, 0.25) is 0 Å². The van der Waals surface area contributed by atoms with Gasteiger partial charge in [0.05, 0.1) is 12.2 Å². The first kappa shape index (κ1) is 19.9. The number of aliphatic imine (C=N–C) groups is 1. The Bertz CT molecular complexity index is 841. The quantitative estimate of drug-likeness (QED) is 0.342. The molecule has 3 N–H and O–H groups in total. The molecule has 7 heteroatoms. The molecule has 0 amide bonds. The lowest BCUT2D eigenvalue weighted by molar-refractivity contribution is 0.867. The minimum absolute atomic E-state index is 0. The first-order chi connectivity index (χ1) is 12.1. The molecule has 1 heterocycles. The van der Waals surface area contributed by atoms with E-state index in [1.54, 1.807) is 11.0 Å². The summed E-state index contributed by atoms with van der Waals surface area (Å²) >= 11 is 0. The molecule has 0 aliphatic rings. The zero-order valence-electron chi connectivity index (χ0n) is 14.8. The summed E-state index contributed by atoms with van der Waals surface area (Å²) < 4.78 is 1.71. The monoisotopic (exact) mass is 462 g/mol. The van der Waals surface area contributed by atoms with Crippen LogP contribution in [-0.4, -0.2) is 20.7 Å². The SMILES string of the molecule is CC(C)c1cccc(NC(N)=NCc2ccc(-n3cncn3)cc2)c1.I. The van der Waals surface area contributed by atoms with Gasteiger partial charge >= 0.3 is 0 Å². The second-order valence-corrected chi connectivity index (χ2v) is 6.11. The van der Waals surface area contributed by atoms with E-state index in [9.17, 15) is 0 Å². The molecule has 0 atom stereocenters. The van der Waals surface area contributed by atoms with Gasteiger partial charge in [0.25, 0.3) is 0 Å². The van der Waals surface area contributed by atoms with Gasteiger partial charge < -0.3 is 11.1 Å². The van der Waals surface area contributed by atoms with Gasteiger partial charge in [-0.05, 0) is 41.3 Å². The van der Waals surface area contributed by atoms with Gasteiger partial charge in [-0.15, -0.1) is 24.0 Å². The molecular weight excluding hydrogens is 439 g/mol. The lowest BCUT2D eigenvalue weighted by Crippen LogP contribution is -2.22. The van der Waals surface area contributed by atoms with Crippen LogP contribution in [0, 0.1) is 0 Å². The van der Waals surface area contributed by atoms with Gasteiger partial charge in [-0.1, -0.05) is 38.1 Å². The third-order valence-corrected chi connectivity index (χ3v) is 3.88. The van der Waals surface area contributed by atoms with Crippen molar-refractivity contribution in [3.05, 3.63) is 72.3 Å². The number of nitrogens with two attached hydrogens (primary N) is 1. The van der Waals surface area contributed by atoms with Crippen LogP contribution in [0.5, 0.6) is 0 Å². The number of nitrogens with zero attached hydrogens (tertiary/aromatic N) is 4. The van der Waals surface area contributed by atoms with Crippen molar-refractivity contribution in [3.8, 4) is 5.69 Å². The van der Waals surface area contributed by atoms with Crippen LogP contribution in [0.25, 0.3) is 5.69 Å². The Morgan fingerprint density at radius 1 is 1.19 bits per heavy atom. The highest BCUT2D eigenvalue weighted by atomic mass is 127. The number of hydrogen-bond acceptors (Lipinski definition) is 3. The molecule has 0 spiro atoms. The second kappa shape index (κ2) is 9.33. The standard InChI is InChI=1S/C19H22N6.HI/c1-14(2)16-4-3-5-17(10-16)24-19(20)22-11-15-6-8-18(9-7-15)25-13-21-12-23-25;/h3-10,12-14H,11H2,1-2H3,(H3,20,22,24);1H. The lowest BCUT2D eigenvalue weighted by Gasteiger charge is -2.10. The summed E-state index contributed by atoms with van der Waals surface area (Å²) in [5, 5.41) is 7.25. The molecule has 0 fully saturated rings. The number of guanidine groups is 1. The first-order valence-electron chi connectivity index (χ1n) is 8.22. The lowest BCUT2D eigenvalue weighted by atomic mass is 10.0. The number of rotatable bonds is 5. The minimum Gasteiger partial charge on any atom is -0.370 e. The van der Waals surface area contributed by atoms with E-state index in [0.717, 1.165) is 16.9 Å². The molecule has 0 unspecified atom stereocenters. The Morgan fingerprint density at radius 2 is 1.96 bits per heavy atom. The molecule has 2 aromatic carbocycles. The summed E-state index contributed by atoms with van der Waals surface area (Å²) in [6.45, 7) is 4.85. The first-order valence-corrected chi connectivity index (χ1v) is 8.22. The van der Waals surface area contributed by atoms with Crippen LogP contribution in [0.15, 0.2) is 66.2 Å².